The maximum absolute atomic E-state index is 11.6. The minimum absolute atomic E-state index is 0.0635. The summed E-state index contributed by atoms with van der Waals surface area (Å²) in [6.07, 6.45) is 0. The van der Waals surface area contributed by atoms with Gasteiger partial charge >= 0.3 is 0 Å². The van der Waals surface area contributed by atoms with Crippen molar-refractivity contribution in [1.82, 2.24) is 10.0 Å². The second kappa shape index (κ2) is 5.55. The summed E-state index contributed by atoms with van der Waals surface area (Å²) in [6.45, 7) is 0.895. The van der Waals surface area contributed by atoms with E-state index in [1.807, 2.05) is 6.07 Å². The molecule has 1 aromatic rings. The molecule has 0 atom stereocenters. The van der Waals surface area contributed by atoms with Gasteiger partial charge in [-0.05, 0) is 24.7 Å². The van der Waals surface area contributed by atoms with Gasteiger partial charge in [-0.3, -0.25) is 0 Å². The van der Waals surface area contributed by atoms with Gasteiger partial charge < -0.3 is 14.8 Å². The lowest BCUT2D eigenvalue weighted by Gasteiger charge is -2.07. The number of sulfonamides is 1. The summed E-state index contributed by atoms with van der Waals surface area (Å²) in [5.41, 5.74) is 0.840. The molecule has 6 nitrogen and oxygen atoms in total. The Kier molecular flexibility index (Phi) is 4.05. The van der Waals surface area contributed by atoms with Gasteiger partial charge in [-0.1, -0.05) is 6.07 Å². The zero-order valence-corrected chi connectivity index (χ0v) is 10.9. The highest BCUT2D eigenvalue weighted by molar-refractivity contribution is 7.89. The summed E-state index contributed by atoms with van der Waals surface area (Å²) in [7, 11) is -1.52. The van der Waals surface area contributed by atoms with Crippen LogP contribution in [0.1, 0.15) is 5.56 Å². The highest BCUT2D eigenvalue weighted by atomic mass is 32.2. The van der Waals surface area contributed by atoms with Gasteiger partial charge in [0, 0.05) is 13.1 Å². The summed E-state index contributed by atoms with van der Waals surface area (Å²) >= 11 is 0. The Labute approximate surface area is 106 Å². The first-order valence-electron chi connectivity index (χ1n) is 5.61. The fraction of sp³-hybridized carbons (Fsp3) is 0.455. The zero-order valence-electron chi connectivity index (χ0n) is 10.1. The molecule has 7 heteroatoms. The molecule has 100 valence electrons. The van der Waals surface area contributed by atoms with Crippen molar-refractivity contribution in [3.8, 4) is 11.5 Å². The van der Waals surface area contributed by atoms with Gasteiger partial charge in [0.1, 0.15) is 0 Å². The van der Waals surface area contributed by atoms with Crippen molar-refractivity contribution in [2.75, 3.05) is 26.1 Å². The predicted octanol–water partition coefficient (Wildman–Crippen LogP) is 0.0541. The Morgan fingerprint density at radius 2 is 2.06 bits per heavy atom. The minimum atomic E-state index is -3.24. The van der Waals surface area contributed by atoms with E-state index in [0.29, 0.717) is 18.0 Å². The van der Waals surface area contributed by atoms with Crippen LogP contribution in [0.25, 0.3) is 0 Å². The second-order valence-corrected chi connectivity index (χ2v) is 5.86. The molecule has 1 aliphatic heterocycles. The second-order valence-electron chi connectivity index (χ2n) is 3.93. The number of ether oxygens (including phenoxy) is 2. The van der Waals surface area contributed by atoms with Crippen LogP contribution >= 0.6 is 0 Å². The van der Waals surface area contributed by atoms with Gasteiger partial charge in [-0.25, -0.2) is 13.1 Å². The van der Waals surface area contributed by atoms with Crippen LogP contribution in [-0.4, -0.2) is 34.6 Å². The van der Waals surface area contributed by atoms with Crippen LogP contribution in [0.4, 0.5) is 0 Å². The number of rotatable bonds is 6. The van der Waals surface area contributed by atoms with Gasteiger partial charge in [0.15, 0.2) is 11.5 Å². The molecule has 0 bridgehead atoms. The van der Waals surface area contributed by atoms with Crippen LogP contribution in [0.2, 0.25) is 0 Å². The van der Waals surface area contributed by atoms with Gasteiger partial charge in [0.2, 0.25) is 16.8 Å². The van der Waals surface area contributed by atoms with Crippen LogP contribution in [0, 0.1) is 0 Å². The largest absolute Gasteiger partial charge is 0.454 e. The maximum Gasteiger partial charge on any atom is 0.231 e. The third-order valence-corrected chi connectivity index (χ3v) is 3.88. The first-order valence-corrected chi connectivity index (χ1v) is 7.26. The Morgan fingerprint density at radius 3 is 2.83 bits per heavy atom. The van der Waals surface area contributed by atoms with Crippen molar-refractivity contribution in [3.63, 3.8) is 0 Å². The molecule has 0 spiro atoms. The normalized spacial score (nSPS) is 13.8. The topological polar surface area (TPSA) is 76.7 Å². The number of hydrogen-bond donors (Lipinski definition) is 2. The van der Waals surface area contributed by atoms with Crippen molar-refractivity contribution >= 4 is 10.0 Å². The first kappa shape index (κ1) is 13.1. The van der Waals surface area contributed by atoms with Crippen molar-refractivity contribution in [3.05, 3.63) is 23.8 Å². The van der Waals surface area contributed by atoms with E-state index in [2.05, 4.69) is 10.0 Å². The Morgan fingerprint density at radius 1 is 1.28 bits per heavy atom. The fourth-order valence-electron chi connectivity index (χ4n) is 1.55. The molecule has 0 saturated heterocycles. The molecule has 1 aliphatic rings. The van der Waals surface area contributed by atoms with Crippen LogP contribution < -0.4 is 19.5 Å². The van der Waals surface area contributed by atoms with Crippen molar-refractivity contribution in [2.45, 2.75) is 6.54 Å². The Balaban J connectivity index is 1.94. The van der Waals surface area contributed by atoms with Crippen LogP contribution in [0.15, 0.2) is 18.2 Å². The molecule has 18 heavy (non-hydrogen) atoms. The van der Waals surface area contributed by atoms with E-state index in [1.165, 1.54) is 0 Å². The summed E-state index contributed by atoms with van der Waals surface area (Å²) in [6, 6.07) is 5.37. The van der Waals surface area contributed by atoms with E-state index in [4.69, 9.17) is 9.47 Å². The predicted molar refractivity (Wildman–Crippen MR) is 67.1 cm³/mol. The molecular weight excluding hydrogens is 256 g/mol. The van der Waals surface area contributed by atoms with Crippen LogP contribution in [-0.2, 0) is 16.6 Å². The molecular formula is C11H16N2O4S. The van der Waals surface area contributed by atoms with Crippen molar-refractivity contribution in [1.29, 1.82) is 0 Å². The number of benzene rings is 1. The number of hydrogen-bond acceptors (Lipinski definition) is 5. The average Bonchev–Trinajstić information content (AvgIpc) is 2.81. The molecule has 2 rings (SSSR count). The first-order chi connectivity index (χ1) is 8.61. The standard InChI is InChI=1S/C11H16N2O4S/c1-12-4-5-18(14,15)13-7-9-2-3-10-11(6-9)17-8-16-10/h2-3,6,12-13H,4-5,7-8H2,1H3. The number of fused-ring (bicyclic) bond motifs is 1. The van der Waals surface area contributed by atoms with Crippen LogP contribution in [0.5, 0.6) is 11.5 Å². The lowest BCUT2D eigenvalue weighted by atomic mass is 10.2. The van der Waals surface area contributed by atoms with Crippen molar-refractivity contribution in [2.24, 2.45) is 0 Å². The van der Waals surface area contributed by atoms with E-state index in [-0.39, 0.29) is 19.1 Å². The highest BCUT2D eigenvalue weighted by Gasteiger charge is 2.14. The van der Waals surface area contributed by atoms with Gasteiger partial charge in [0.05, 0.1) is 5.75 Å². The summed E-state index contributed by atoms with van der Waals surface area (Å²) < 4.78 is 36.1. The zero-order chi connectivity index (χ0) is 13.0. The van der Waals surface area contributed by atoms with E-state index < -0.39 is 10.0 Å². The lowest BCUT2D eigenvalue weighted by Crippen LogP contribution is -2.30. The van der Waals surface area contributed by atoms with E-state index in [0.717, 1.165) is 5.56 Å². The lowest BCUT2D eigenvalue weighted by molar-refractivity contribution is 0.174. The third kappa shape index (κ3) is 3.34. The van der Waals surface area contributed by atoms with Crippen molar-refractivity contribution < 1.29 is 17.9 Å². The summed E-state index contributed by atoms with van der Waals surface area (Å²) in [5.74, 6) is 1.41. The molecule has 0 aliphatic carbocycles. The SMILES string of the molecule is CNCCS(=O)(=O)NCc1ccc2c(c1)OCO2. The average molecular weight is 272 g/mol. The maximum atomic E-state index is 11.6. The molecule has 0 amide bonds. The van der Waals surface area contributed by atoms with E-state index in [1.54, 1.807) is 19.2 Å². The van der Waals surface area contributed by atoms with Gasteiger partial charge in [0.25, 0.3) is 0 Å². The Hall–Kier alpha value is -1.31. The monoisotopic (exact) mass is 272 g/mol. The van der Waals surface area contributed by atoms with Gasteiger partial charge in [-0.2, -0.15) is 0 Å². The molecule has 0 radical (unpaired) electrons. The molecule has 1 aromatic carbocycles. The molecule has 2 N–H and O–H groups in total. The summed E-state index contributed by atoms with van der Waals surface area (Å²) in [5, 5.41) is 2.80. The minimum Gasteiger partial charge on any atom is -0.454 e. The third-order valence-electron chi connectivity index (χ3n) is 2.55. The quantitative estimate of drug-likeness (QED) is 0.765. The van der Waals surface area contributed by atoms with Gasteiger partial charge in [-0.15, -0.1) is 0 Å². The van der Waals surface area contributed by atoms with Crippen LogP contribution in [0.3, 0.4) is 0 Å². The van der Waals surface area contributed by atoms with E-state index >= 15 is 0 Å². The molecule has 0 fully saturated rings. The number of nitrogens with one attached hydrogen (secondary N) is 2. The summed E-state index contributed by atoms with van der Waals surface area (Å²) in [4.78, 5) is 0. The fourth-order valence-corrected chi connectivity index (χ4v) is 2.56. The highest BCUT2D eigenvalue weighted by Crippen LogP contribution is 2.32. The van der Waals surface area contributed by atoms with E-state index in [9.17, 15) is 8.42 Å². The molecule has 0 aromatic heterocycles. The Bertz CT molecular complexity index is 516. The molecule has 0 unspecified atom stereocenters. The smallest absolute Gasteiger partial charge is 0.231 e. The molecule has 1 heterocycles. The molecule has 0 saturated carbocycles.